The first-order valence-electron chi connectivity index (χ1n) is 9.66. The van der Waals surface area contributed by atoms with Crippen molar-refractivity contribution in [2.24, 2.45) is 0 Å². The Balaban J connectivity index is 1.54. The molecule has 1 N–H and O–H groups in total. The van der Waals surface area contributed by atoms with E-state index in [1.54, 1.807) is 35.1 Å². The van der Waals surface area contributed by atoms with Gasteiger partial charge in [0.15, 0.2) is 11.0 Å². The van der Waals surface area contributed by atoms with Crippen molar-refractivity contribution < 1.29 is 9.18 Å². The number of anilines is 1. The third kappa shape index (κ3) is 4.05. The van der Waals surface area contributed by atoms with Crippen LogP contribution in [0.1, 0.15) is 45.7 Å². The minimum absolute atomic E-state index is 0.143. The van der Waals surface area contributed by atoms with E-state index in [9.17, 15) is 9.18 Å². The lowest BCUT2D eigenvalue weighted by atomic mass is 10.2. The molecule has 1 fully saturated rings. The zero-order chi connectivity index (χ0) is 20.5. The molecule has 0 saturated heterocycles. The number of carbonyl (C=O) groups excluding carboxylic acids is 1. The van der Waals surface area contributed by atoms with Gasteiger partial charge in [-0.1, -0.05) is 23.9 Å². The Labute approximate surface area is 172 Å². The highest BCUT2D eigenvalue weighted by atomic mass is 32.2. The number of nitrogens with zero attached hydrogens (tertiary/aromatic N) is 5. The predicted molar refractivity (Wildman–Crippen MR) is 110 cm³/mol. The molecule has 1 aliphatic carbocycles. The second kappa shape index (κ2) is 7.98. The van der Waals surface area contributed by atoms with E-state index < -0.39 is 5.25 Å². The zero-order valence-electron chi connectivity index (χ0n) is 16.5. The first-order chi connectivity index (χ1) is 14.0. The number of rotatable bonds is 7. The lowest BCUT2D eigenvalue weighted by Crippen LogP contribution is -2.25. The topological polar surface area (TPSA) is 77.6 Å². The number of hydrogen-bond donors (Lipinski definition) is 1. The van der Waals surface area contributed by atoms with Crippen LogP contribution in [-0.2, 0) is 4.79 Å². The molecule has 0 bridgehead atoms. The highest BCUT2D eigenvalue weighted by Crippen LogP contribution is 2.42. The van der Waals surface area contributed by atoms with E-state index in [4.69, 9.17) is 0 Å². The van der Waals surface area contributed by atoms with Crippen molar-refractivity contribution in [3.63, 3.8) is 0 Å². The molecule has 0 aliphatic heterocycles. The summed E-state index contributed by atoms with van der Waals surface area (Å²) in [5.41, 5.74) is 0.427. The fourth-order valence-electron chi connectivity index (χ4n) is 3.11. The molecule has 152 valence electrons. The molecule has 9 heteroatoms. The molecule has 0 unspecified atom stereocenters. The standard InChI is InChI=1S/C20H23FN6OS/c1-12(2)27-17(10-11-22-27)23-19(28)13(3)29-20-25-24-18(26(20)14-8-9-14)15-6-4-5-7-16(15)21/h4-7,10-14H,8-9H2,1-3H3,(H,23,28)/t13-/m1/s1. The van der Waals surface area contributed by atoms with E-state index in [1.165, 1.54) is 17.8 Å². The summed E-state index contributed by atoms with van der Waals surface area (Å²) in [5, 5.41) is 15.9. The van der Waals surface area contributed by atoms with E-state index in [0.717, 1.165) is 12.8 Å². The molecule has 1 aliphatic rings. The van der Waals surface area contributed by atoms with E-state index >= 15 is 0 Å². The van der Waals surface area contributed by atoms with Crippen molar-refractivity contribution in [3.05, 3.63) is 42.3 Å². The normalized spacial score (nSPS) is 14.9. The predicted octanol–water partition coefficient (Wildman–Crippen LogP) is 4.32. The van der Waals surface area contributed by atoms with Gasteiger partial charge in [-0.3, -0.25) is 9.36 Å². The SMILES string of the molecule is CC(C)n1nccc1NC(=O)[C@@H](C)Sc1nnc(-c2ccccc2F)n1C1CC1. The molecule has 7 nitrogen and oxygen atoms in total. The van der Waals surface area contributed by atoms with E-state index in [0.29, 0.717) is 22.4 Å². The molecular formula is C20H23FN6OS. The number of aromatic nitrogens is 5. The fourth-order valence-corrected chi connectivity index (χ4v) is 4.03. The number of thioether (sulfide) groups is 1. The first kappa shape index (κ1) is 19.6. The smallest absolute Gasteiger partial charge is 0.238 e. The number of nitrogens with one attached hydrogen (secondary N) is 1. The Morgan fingerprint density at radius 3 is 2.66 bits per heavy atom. The van der Waals surface area contributed by atoms with Gasteiger partial charge in [-0.05, 0) is 45.7 Å². The number of halogens is 1. The van der Waals surface area contributed by atoms with Crippen molar-refractivity contribution in [1.82, 2.24) is 24.5 Å². The molecule has 1 atom stereocenters. The van der Waals surface area contributed by atoms with E-state index in [-0.39, 0.29) is 23.8 Å². The van der Waals surface area contributed by atoms with Gasteiger partial charge in [0.05, 0.1) is 17.0 Å². The maximum atomic E-state index is 14.3. The maximum absolute atomic E-state index is 14.3. The Hall–Kier alpha value is -2.68. The highest BCUT2D eigenvalue weighted by molar-refractivity contribution is 8.00. The summed E-state index contributed by atoms with van der Waals surface area (Å²) < 4.78 is 18.0. The van der Waals surface area contributed by atoms with Gasteiger partial charge in [-0.2, -0.15) is 5.10 Å². The number of hydrogen-bond acceptors (Lipinski definition) is 5. The van der Waals surface area contributed by atoms with Crippen molar-refractivity contribution >= 4 is 23.5 Å². The Morgan fingerprint density at radius 1 is 1.21 bits per heavy atom. The maximum Gasteiger partial charge on any atom is 0.238 e. The Bertz CT molecular complexity index is 1030. The third-order valence-electron chi connectivity index (χ3n) is 4.75. The second-order valence-electron chi connectivity index (χ2n) is 7.39. The van der Waals surface area contributed by atoms with Crippen LogP contribution in [0.25, 0.3) is 11.4 Å². The summed E-state index contributed by atoms with van der Waals surface area (Å²) in [4.78, 5) is 12.7. The molecule has 29 heavy (non-hydrogen) atoms. The van der Waals surface area contributed by atoms with Crippen LogP contribution in [0.4, 0.5) is 10.2 Å². The summed E-state index contributed by atoms with van der Waals surface area (Å²) in [6.07, 6.45) is 3.67. The van der Waals surface area contributed by atoms with E-state index in [1.807, 2.05) is 25.3 Å². The molecule has 1 amide bonds. The van der Waals surface area contributed by atoms with Gasteiger partial charge in [0.25, 0.3) is 0 Å². The quantitative estimate of drug-likeness (QED) is 0.583. The molecule has 4 rings (SSSR count). The lowest BCUT2D eigenvalue weighted by molar-refractivity contribution is -0.115. The van der Waals surface area contributed by atoms with Crippen LogP contribution in [0.3, 0.4) is 0 Å². The van der Waals surface area contributed by atoms with Gasteiger partial charge in [-0.25, -0.2) is 9.07 Å². The van der Waals surface area contributed by atoms with Crippen molar-refractivity contribution in [2.45, 2.75) is 56.1 Å². The van der Waals surface area contributed by atoms with Crippen LogP contribution in [0.2, 0.25) is 0 Å². The number of carbonyl (C=O) groups is 1. The molecule has 1 saturated carbocycles. The van der Waals surface area contributed by atoms with E-state index in [2.05, 4.69) is 20.6 Å². The van der Waals surface area contributed by atoms with Gasteiger partial charge in [0.2, 0.25) is 5.91 Å². The second-order valence-corrected chi connectivity index (χ2v) is 8.70. The minimum Gasteiger partial charge on any atom is -0.310 e. The van der Waals surface area contributed by atoms with Crippen molar-refractivity contribution in [3.8, 4) is 11.4 Å². The molecule has 2 aromatic heterocycles. The number of benzene rings is 1. The summed E-state index contributed by atoms with van der Waals surface area (Å²) in [6, 6.07) is 8.73. The number of amides is 1. The molecule has 0 radical (unpaired) electrons. The average molecular weight is 415 g/mol. The average Bonchev–Trinajstić information content (AvgIpc) is 3.27. The summed E-state index contributed by atoms with van der Waals surface area (Å²) in [7, 11) is 0. The van der Waals surface area contributed by atoms with Gasteiger partial charge < -0.3 is 5.32 Å². The lowest BCUT2D eigenvalue weighted by Gasteiger charge is -2.15. The van der Waals surface area contributed by atoms with Crippen LogP contribution in [0.5, 0.6) is 0 Å². The monoisotopic (exact) mass is 414 g/mol. The first-order valence-corrected chi connectivity index (χ1v) is 10.5. The van der Waals surface area contributed by atoms with Crippen LogP contribution in [-0.4, -0.2) is 35.7 Å². The Morgan fingerprint density at radius 2 is 1.97 bits per heavy atom. The van der Waals surface area contributed by atoms with Crippen LogP contribution in [0, 0.1) is 5.82 Å². The third-order valence-corrected chi connectivity index (χ3v) is 5.81. The minimum atomic E-state index is -0.402. The largest absolute Gasteiger partial charge is 0.310 e. The molecule has 3 aromatic rings. The van der Waals surface area contributed by atoms with Gasteiger partial charge in [-0.15, -0.1) is 10.2 Å². The van der Waals surface area contributed by atoms with Gasteiger partial charge in [0, 0.05) is 18.2 Å². The summed E-state index contributed by atoms with van der Waals surface area (Å²) >= 11 is 1.33. The molecular weight excluding hydrogens is 391 g/mol. The molecule has 0 spiro atoms. The van der Waals surface area contributed by atoms with Crippen LogP contribution >= 0.6 is 11.8 Å². The van der Waals surface area contributed by atoms with Crippen molar-refractivity contribution in [1.29, 1.82) is 0 Å². The van der Waals surface area contributed by atoms with Crippen molar-refractivity contribution in [2.75, 3.05) is 5.32 Å². The molecule has 2 heterocycles. The van der Waals surface area contributed by atoms with Gasteiger partial charge in [0.1, 0.15) is 11.6 Å². The summed E-state index contributed by atoms with van der Waals surface area (Å²) in [5.74, 6) is 0.702. The zero-order valence-corrected chi connectivity index (χ0v) is 17.4. The highest BCUT2D eigenvalue weighted by Gasteiger charge is 2.32. The summed E-state index contributed by atoms with van der Waals surface area (Å²) in [6.45, 7) is 5.83. The fraction of sp³-hybridized carbons (Fsp3) is 0.400. The van der Waals surface area contributed by atoms with Gasteiger partial charge >= 0.3 is 0 Å². The molecule has 1 aromatic carbocycles. The Kier molecular flexibility index (Phi) is 5.40. The van der Waals surface area contributed by atoms with Crippen LogP contribution in [0.15, 0.2) is 41.7 Å². The van der Waals surface area contributed by atoms with Crippen LogP contribution < -0.4 is 5.32 Å².